The van der Waals surface area contributed by atoms with Crippen molar-refractivity contribution in [2.45, 2.75) is 12.8 Å². The van der Waals surface area contributed by atoms with Crippen molar-refractivity contribution in [3.8, 4) is 0 Å². The molecule has 1 aliphatic carbocycles. The lowest BCUT2D eigenvalue weighted by Crippen LogP contribution is -2.09. The van der Waals surface area contributed by atoms with Crippen LogP contribution in [-0.2, 0) is 22.9 Å². The van der Waals surface area contributed by atoms with Gasteiger partial charge in [0.1, 0.15) is 0 Å². The molecule has 1 aliphatic rings. The van der Waals surface area contributed by atoms with Crippen LogP contribution >= 0.6 is 11.3 Å². The summed E-state index contributed by atoms with van der Waals surface area (Å²) in [5.41, 5.74) is 6.64. The fraction of sp³-hybridized carbons (Fsp3) is 0.143. The Kier molecular flexibility index (Phi) is 4.42. The van der Waals surface area contributed by atoms with Gasteiger partial charge in [0.25, 0.3) is 0 Å². The van der Waals surface area contributed by atoms with Gasteiger partial charge in [-0.1, -0.05) is 36.4 Å². The molecule has 26 heavy (non-hydrogen) atoms. The van der Waals surface area contributed by atoms with Gasteiger partial charge >= 0.3 is 0 Å². The third-order valence-electron chi connectivity index (χ3n) is 4.47. The molecule has 0 amide bonds. The molecule has 1 N–H and O–H groups in total. The molecule has 0 aliphatic heterocycles. The van der Waals surface area contributed by atoms with Crippen LogP contribution in [0.2, 0.25) is 0 Å². The number of nitrogens with one attached hydrogen (secondary N) is 1. The molecule has 0 fully saturated rings. The molecular weight excluding hydrogens is 362 g/mol. The second kappa shape index (κ2) is 6.74. The van der Waals surface area contributed by atoms with Crippen LogP contribution in [0.3, 0.4) is 0 Å². The van der Waals surface area contributed by atoms with Crippen LogP contribution in [0.25, 0.3) is 11.6 Å². The highest BCUT2D eigenvalue weighted by Gasteiger charge is 2.18. The summed E-state index contributed by atoms with van der Waals surface area (Å²) >= 11 is 1.80. The second-order valence-electron chi connectivity index (χ2n) is 6.47. The topological polar surface area (TPSA) is 46.2 Å². The first-order valence-corrected chi connectivity index (χ1v) is 11.2. The Morgan fingerprint density at radius 2 is 1.85 bits per heavy atom. The monoisotopic (exact) mass is 381 g/mol. The van der Waals surface area contributed by atoms with Crippen LogP contribution in [0, 0.1) is 0 Å². The zero-order valence-corrected chi connectivity index (χ0v) is 16.0. The van der Waals surface area contributed by atoms with E-state index < -0.39 is 10.0 Å². The highest BCUT2D eigenvalue weighted by atomic mass is 32.2. The zero-order valence-electron chi connectivity index (χ0n) is 14.4. The van der Waals surface area contributed by atoms with E-state index >= 15 is 0 Å². The van der Waals surface area contributed by atoms with E-state index in [0.717, 1.165) is 24.7 Å². The van der Waals surface area contributed by atoms with E-state index in [1.165, 1.54) is 27.1 Å². The molecule has 1 heterocycles. The molecule has 0 unspecified atom stereocenters. The predicted molar refractivity (Wildman–Crippen MR) is 110 cm³/mol. The van der Waals surface area contributed by atoms with Gasteiger partial charge in [-0.3, -0.25) is 4.72 Å². The molecule has 3 nitrogen and oxygen atoms in total. The smallest absolute Gasteiger partial charge is 0.229 e. The van der Waals surface area contributed by atoms with Crippen LogP contribution in [0.15, 0.2) is 60.0 Å². The molecule has 1 aromatic heterocycles. The van der Waals surface area contributed by atoms with Crippen LogP contribution in [0.5, 0.6) is 0 Å². The maximum absolute atomic E-state index is 11.5. The van der Waals surface area contributed by atoms with E-state index in [0.29, 0.717) is 5.69 Å². The SMILES string of the molecule is CS(=O)(=O)Nc1cccc(/C=C2/c3ccccc3CCc3sccc32)c1. The summed E-state index contributed by atoms with van der Waals surface area (Å²) < 4.78 is 25.6. The molecule has 132 valence electrons. The minimum atomic E-state index is -3.29. The number of sulfonamides is 1. The summed E-state index contributed by atoms with van der Waals surface area (Å²) in [6.45, 7) is 0. The summed E-state index contributed by atoms with van der Waals surface area (Å²) in [5, 5.41) is 2.15. The van der Waals surface area contributed by atoms with Gasteiger partial charge in [-0.25, -0.2) is 8.42 Å². The van der Waals surface area contributed by atoms with Gasteiger partial charge < -0.3 is 0 Å². The van der Waals surface area contributed by atoms with Gasteiger partial charge in [-0.2, -0.15) is 0 Å². The van der Waals surface area contributed by atoms with Gasteiger partial charge in [0.15, 0.2) is 0 Å². The number of hydrogen-bond donors (Lipinski definition) is 1. The average molecular weight is 382 g/mol. The van der Waals surface area contributed by atoms with Gasteiger partial charge in [0.05, 0.1) is 6.26 Å². The molecule has 0 bridgehead atoms. The van der Waals surface area contributed by atoms with Crippen molar-refractivity contribution < 1.29 is 8.42 Å². The number of anilines is 1. The Morgan fingerprint density at radius 3 is 2.69 bits per heavy atom. The predicted octanol–water partition coefficient (Wildman–Crippen LogP) is 4.81. The van der Waals surface area contributed by atoms with Gasteiger partial charge in [0.2, 0.25) is 10.0 Å². The average Bonchev–Trinajstić information content (AvgIpc) is 3.00. The summed E-state index contributed by atoms with van der Waals surface area (Å²) in [5.74, 6) is 0. The molecule has 4 rings (SSSR count). The number of thiophene rings is 1. The van der Waals surface area contributed by atoms with Crippen molar-refractivity contribution >= 4 is 38.7 Å². The molecule has 5 heteroatoms. The van der Waals surface area contributed by atoms with Crippen LogP contribution in [0.1, 0.15) is 27.1 Å². The molecule has 0 saturated heterocycles. The first kappa shape index (κ1) is 17.1. The van der Waals surface area contributed by atoms with Crippen molar-refractivity contribution in [2.75, 3.05) is 11.0 Å². The van der Waals surface area contributed by atoms with Gasteiger partial charge in [0, 0.05) is 10.6 Å². The number of hydrogen-bond acceptors (Lipinski definition) is 3. The number of benzene rings is 2. The van der Waals surface area contributed by atoms with Crippen molar-refractivity contribution in [3.63, 3.8) is 0 Å². The lowest BCUT2D eigenvalue weighted by Gasteiger charge is -2.11. The standard InChI is InChI=1S/C21H19NO2S2/c1-26(23,24)22-17-7-4-5-15(13-17)14-20-18-8-3-2-6-16(18)9-10-21-19(20)11-12-25-21/h2-8,11-14,22H,9-10H2,1H3/b20-14-. The molecule has 0 saturated carbocycles. The molecule has 0 radical (unpaired) electrons. The van der Waals surface area contributed by atoms with E-state index in [1.807, 2.05) is 18.2 Å². The molecule has 2 aromatic carbocycles. The number of rotatable bonds is 3. The van der Waals surface area contributed by atoms with Crippen molar-refractivity contribution in [1.82, 2.24) is 0 Å². The Labute approximate surface area is 158 Å². The largest absolute Gasteiger partial charge is 0.284 e. The highest BCUT2D eigenvalue weighted by molar-refractivity contribution is 7.92. The first-order chi connectivity index (χ1) is 12.5. The van der Waals surface area contributed by atoms with E-state index in [1.54, 1.807) is 17.4 Å². The molecular formula is C21H19NO2S2. The molecule has 0 spiro atoms. The second-order valence-corrected chi connectivity index (χ2v) is 9.22. The minimum Gasteiger partial charge on any atom is -0.284 e. The highest BCUT2D eigenvalue weighted by Crippen LogP contribution is 2.37. The maximum Gasteiger partial charge on any atom is 0.229 e. The molecule has 3 aromatic rings. The Balaban J connectivity index is 1.84. The Hall–Kier alpha value is -2.37. The third-order valence-corrected chi connectivity index (χ3v) is 6.05. The van der Waals surface area contributed by atoms with E-state index in [4.69, 9.17) is 0 Å². The third kappa shape index (κ3) is 3.59. The lowest BCUT2D eigenvalue weighted by atomic mass is 9.94. The van der Waals surface area contributed by atoms with Crippen molar-refractivity contribution in [3.05, 3.63) is 87.1 Å². The minimum absolute atomic E-state index is 0.578. The summed E-state index contributed by atoms with van der Waals surface area (Å²) in [7, 11) is -3.29. The maximum atomic E-state index is 11.5. The van der Waals surface area contributed by atoms with E-state index in [-0.39, 0.29) is 0 Å². The van der Waals surface area contributed by atoms with E-state index in [9.17, 15) is 8.42 Å². The molecule has 0 atom stereocenters. The fourth-order valence-corrected chi connectivity index (χ4v) is 4.85. The van der Waals surface area contributed by atoms with Crippen molar-refractivity contribution in [2.24, 2.45) is 0 Å². The zero-order chi connectivity index (χ0) is 18.1. The van der Waals surface area contributed by atoms with Crippen molar-refractivity contribution in [1.29, 1.82) is 0 Å². The van der Waals surface area contributed by atoms with Gasteiger partial charge in [-0.05, 0) is 70.3 Å². The fourth-order valence-electron chi connectivity index (χ4n) is 3.40. The summed E-state index contributed by atoms with van der Waals surface area (Å²) in [6.07, 6.45) is 5.41. The van der Waals surface area contributed by atoms with Crippen LogP contribution in [0.4, 0.5) is 5.69 Å². The van der Waals surface area contributed by atoms with Gasteiger partial charge in [-0.15, -0.1) is 11.3 Å². The van der Waals surface area contributed by atoms with E-state index in [2.05, 4.69) is 46.5 Å². The Morgan fingerprint density at radius 1 is 1.00 bits per heavy atom. The normalized spacial score (nSPS) is 15.2. The number of aryl methyl sites for hydroxylation is 2. The first-order valence-electron chi connectivity index (χ1n) is 8.44. The van der Waals surface area contributed by atoms with Crippen LogP contribution in [-0.4, -0.2) is 14.7 Å². The number of fused-ring (bicyclic) bond motifs is 2. The lowest BCUT2D eigenvalue weighted by molar-refractivity contribution is 0.607. The Bertz CT molecular complexity index is 1090. The van der Waals surface area contributed by atoms with Crippen LogP contribution < -0.4 is 4.72 Å². The summed E-state index contributed by atoms with van der Waals surface area (Å²) in [4.78, 5) is 1.40. The summed E-state index contributed by atoms with van der Waals surface area (Å²) in [6, 6.07) is 18.2. The quantitative estimate of drug-likeness (QED) is 0.708.